The molecule has 0 saturated carbocycles. The first-order chi connectivity index (χ1) is 11.2. The van der Waals surface area contributed by atoms with Gasteiger partial charge in [-0.3, -0.25) is 4.79 Å². The molecule has 2 N–H and O–H groups in total. The molecular formula is C16H22N4O4. The van der Waals surface area contributed by atoms with Crippen molar-refractivity contribution in [1.82, 2.24) is 20.3 Å². The van der Waals surface area contributed by atoms with E-state index in [9.17, 15) is 14.7 Å². The standard InChI is InChI=1S/C16H22N4O4/c1-16(2,3)24-8-7-11(15(22)23)17-14(21)10-5-6-13-12(9-10)18-19-20(13)4/h5-6,9,11H,7-8H2,1-4H3,(H,17,21)(H,22,23). The second kappa shape index (κ2) is 6.96. The van der Waals surface area contributed by atoms with E-state index in [1.165, 1.54) is 0 Å². The third-order valence-electron chi connectivity index (χ3n) is 3.42. The molecule has 0 saturated heterocycles. The van der Waals surface area contributed by atoms with Gasteiger partial charge in [-0.05, 0) is 39.0 Å². The van der Waals surface area contributed by atoms with E-state index in [0.717, 1.165) is 5.52 Å². The Balaban J connectivity index is 2.04. The SMILES string of the molecule is Cn1nnc2cc(C(=O)NC(CCOC(C)(C)C)C(=O)O)ccc21. The van der Waals surface area contributed by atoms with Crippen molar-refractivity contribution in [2.45, 2.75) is 38.8 Å². The number of carboxylic acids is 1. The number of nitrogens with one attached hydrogen (secondary N) is 1. The van der Waals surface area contributed by atoms with Crippen LogP contribution in [0.4, 0.5) is 0 Å². The van der Waals surface area contributed by atoms with E-state index < -0.39 is 17.9 Å². The summed E-state index contributed by atoms with van der Waals surface area (Å²) in [5.41, 5.74) is 1.35. The highest BCUT2D eigenvalue weighted by Crippen LogP contribution is 2.13. The van der Waals surface area contributed by atoms with Crippen LogP contribution in [-0.4, -0.2) is 50.2 Å². The molecular weight excluding hydrogens is 312 g/mol. The number of nitrogens with zero attached hydrogens (tertiary/aromatic N) is 3. The van der Waals surface area contributed by atoms with E-state index in [-0.39, 0.29) is 18.6 Å². The van der Waals surface area contributed by atoms with Crippen molar-refractivity contribution < 1.29 is 19.4 Å². The number of aromatic nitrogens is 3. The number of carbonyl (C=O) groups excluding carboxylic acids is 1. The summed E-state index contributed by atoms with van der Waals surface area (Å²) in [5, 5.41) is 19.6. The molecule has 0 radical (unpaired) electrons. The highest BCUT2D eigenvalue weighted by atomic mass is 16.5. The van der Waals surface area contributed by atoms with Crippen molar-refractivity contribution in [3.63, 3.8) is 0 Å². The molecule has 1 atom stereocenters. The highest BCUT2D eigenvalue weighted by molar-refractivity contribution is 5.99. The maximum Gasteiger partial charge on any atom is 0.326 e. The predicted molar refractivity (Wildman–Crippen MR) is 87.7 cm³/mol. The molecule has 0 fully saturated rings. The predicted octanol–water partition coefficient (Wildman–Crippen LogP) is 1.36. The third-order valence-corrected chi connectivity index (χ3v) is 3.42. The third kappa shape index (κ3) is 4.51. The minimum atomic E-state index is -1.10. The Morgan fingerprint density at radius 1 is 1.38 bits per heavy atom. The summed E-state index contributed by atoms with van der Waals surface area (Å²) < 4.78 is 7.12. The number of hydrogen-bond donors (Lipinski definition) is 2. The van der Waals surface area contributed by atoms with Gasteiger partial charge in [-0.25, -0.2) is 9.48 Å². The molecule has 8 heteroatoms. The van der Waals surface area contributed by atoms with Crippen LogP contribution < -0.4 is 5.32 Å². The number of fused-ring (bicyclic) bond motifs is 1. The van der Waals surface area contributed by atoms with E-state index in [4.69, 9.17) is 4.74 Å². The molecule has 0 aliphatic heterocycles. The zero-order valence-corrected chi connectivity index (χ0v) is 14.2. The van der Waals surface area contributed by atoms with E-state index in [1.54, 1.807) is 29.9 Å². The molecule has 24 heavy (non-hydrogen) atoms. The van der Waals surface area contributed by atoms with Gasteiger partial charge in [0.2, 0.25) is 0 Å². The van der Waals surface area contributed by atoms with Crippen molar-refractivity contribution in [2.75, 3.05) is 6.61 Å². The minimum absolute atomic E-state index is 0.186. The van der Waals surface area contributed by atoms with E-state index in [2.05, 4.69) is 15.6 Å². The molecule has 1 unspecified atom stereocenters. The molecule has 0 aliphatic rings. The van der Waals surface area contributed by atoms with Crippen molar-refractivity contribution in [3.05, 3.63) is 23.8 Å². The number of aryl methyl sites for hydroxylation is 1. The van der Waals surface area contributed by atoms with E-state index >= 15 is 0 Å². The van der Waals surface area contributed by atoms with E-state index in [0.29, 0.717) is 11.1 Å². The minimum Gasteiger partial charge on any atom is -0.480 e. The Morgan fingerprint density at radius 2 is 2.08 bits per heavy atom. The summed E-state index contributed by atoms with van der Waals surface area (Å²) in [6.07, 6.45) is 0.186. The average Bonchev–Trinajstić information content (AvgIpc) is 2.85. The monoisotopic (exact) mass is 334 g/mol. The molecule has 0 bridgehead atoms. The fraction of sp³-hybridized carbons (Fsp3) is 0.500. The van der Waals surface area contributed by atoms with Crippen LogP contribution in [0.25, 0.3) is 11.0 Å². The normalized spacial score (nSPS) is 13.0. The van der Waals surface area contributed by atoms with Gasteiger partial charge in [-0.15, -0.1) is 5.10 Å². The van der Waals surface area contributed by atoms with Crippen LogP contribution in [0.15, 0.2) is 18.2 Å². The van der Waals surface area contributed by atoms with Gasteiger partial charge in [0.15, 0.2) is 0 Å². The molecule has 1 aromatic carbocycles. The van der Waals surface area contributed by atoms with E-state index in [1.807, 2.05) is 20.8 Å². The maximum atomic E-state index is 12.3. The summed E-state index contributed by atoms with van der Waals surface area (Å²) in [4.78, 5) is 23.6. The zero-order chi connectivity index (χ0) is 17.9. The molecule has 0 aliphatic carbocycles. The molecule has 2 rings (SSSR count). The molecule has 2 aromatic rings. The molecule has 8 nitrogen and oxygen atoms in total. The number of carboxylic acid groups (broad SMARTS) is 1. The number of carbonyl (C=O) groups is 2. The van der Waals surface area contributed by atoms with Gasteiger partial charge in [-0.1, -0.05) is 5.21 Å². The highest BCUT2D eigenvalue weighted by Gasteiger charge is 2.22. The smallest absolute Gasteiger partial charge is 0.326 e. The maximum absolute atomic E-state index is 12.3. The summed E-state index contributed by atoms with van der Waals surface area (Å²) in [7, 11) is 1.75. The Labute approximate surface area is 139 Å². The van der Waals surface area contributed by atoms with Gasteiger partial charge in [0.05, 0.1) is 11.1 Å². The van der Waals surface area contributed by atoms with Crippen LogP contribution in [0.1, 0.15) is 37.6 Å². The first-order valence-corrected chi connectivity index (χ1v) is 7.64. The zero-order valence-electron chi connectivity index (χ0n) is 14.2. The largest absolute Gasteiger partial charge is 0.480 e. The van der Waals surface area contributed by atoms with Crippen LogP contribution in [-0.2, 0) is 16.6 Å². The quantitative estimate of drug-likeness (QED) is 0.826. The van der Waals surface area contributed by atoms with Gasteiger partial charge in [0, 0.05) is 25.6 Å². The van der Waals surface area contributed by atoms with Crippen molar-refractivity contribution >= 4 is 22.9 Å². The summed E-state index contributed by atoms with van der Waals surface area (Å²) in [6.45, 7) is 5.90. The lowest BCUT2D eigenvalue weighted by Crippen LogP contribution is -2.42. The lowest BCUT2D eigenvalue weighted by atomic mass is 10.1. The van der Waals surface area contributed by atoms with Gasteiger partial charge >= 0.3 is 5.97 Å². The number of hydrogen-bond acceptors (Lipinski definition) is 5. The van der Waals surface area contributed by atoms with Crippen molar-refractivity contribution in [1.29, 1.82) is 0 Å². The number of rotatable bonds is 6. The Morgan fingerprint density at radius 3 is 2.71 bits per heavy atom. The van der Waals surface area contributed by atoms with Crippen LogP contribution >= 0.6 is 0 Å². The average molecular weight is 334 g/mol. The number of amides is 1. The Kier molecular flexibility index (Phi) is 5.18. The first kappa shape index (κ1) is 17.9. The number of aliphatic carboxylic acids is 1. The molecule has 1 heterocycles. The Bertz CT molecular complexity index is 748. The molecule has 130 valence electrons. The summed E-state index contributed by atoms with van der Waals surface area (Å²) in [6, 6.07) is 3.91. The molecule has 1 aromatic heterocycles. The van der Waals surface area contributed by atoms with Gasteiger partial charge in [0.1, 0.15) is 11.6 Å². The van der Waals surface area contributed by atoms with Crippen LogP contribution in [0.3, 0.4) is 0 Å². The number of ether oxygens (including phenoxy) is 1. The second-order valence-corrected chi connectivity index (χ2v) is 6.53. The lowest BCUT2D eigenvalue weighted by molar-refractivity contribution is -0.140. The summed E-state index contributed by atoms with van der Waals surface area (Å²) in [5.74, 6) is -1.56. The number of benzene rings is 1. The summed E-state index contributed by atoms with van der Waals surface area (Å²) >= 11 is 0. The molecule has 1 amide bonds. The topological polar surface area (TPSA) is 106 Å². The van der Waals surface area contributed by atoms with Crippen LogP contribution in [0, 0.1) is 0 Å². The van der Waals surface area contributed by atoms with Gasteiger partial charge in [0.25, 0.3) is 5.91 Å². The lowest BCUT2D eigenvalue weighted by Gasteiger charge is -2.21. The van der Waals surface area contributed by atoms with Crippen LogP contribution in [0.5, 0.6) is 0 Å². The van der Waals surface area contributed by atoms with Gasteiger partial charge < -0.3 is 15.2 Å². The fourth-order valence-electron chi connectivity index (χ4n) is 2.16. The van der Waals surface area contributed by atoms with Crippen molar-refractivity contribution in [3.8, 4) is 0 Å². The van der Waals surface area contributed by atoms with Crippen molar-refractivity contribution in [2.24, 2.45) is 7.05 Å². The van der Waals surface area contributed by atoms with Gasteiger partial charge in [-0.2, -0.15) is 0 Å². The first-order valence-electron chi connectivity index (χ1n) is 7.64. The fourth-order valence-corrected chi connectivity index (χ4v) is 2.16. The Hall–Kier alpha value is -2.48. The van der Waals surface area contributed by atoms with Crippen LogP contribution in [0.2, 0.25) is 0 Å². The second-order valence-electron chi connectivity index (χ2n) is 6.53. The molecule has 0 spiro atoms.